The predicted octanol–water partition coefficient (Wildman–Crippen LogP) is 3.12. The van der Waals surface area contributed by atoms with Crippen LogP contribution in [0.2, 0.25) is 0 Å². The minimum atomic E-state index is 0.377. The van der Waals surface area contributed by atoms with Gasteiger partial charge in [-0.2, -0.15) is 11.8 Å². The summed E-state index contributed by atoms with van der Waals surface area (Å²) in [5.74, 6) is 3.04. The van der Waals surface area contributed by atoms with Gasteiger partial charge in [-0.05, 0) is 31.2 Å². The van der Waals surface area contributed by atoms with Crippen molar-refractivity contribution in [2.75, 3.05) is 38.9 Å². The van der Waals surface area contributed by atoms with Crippen LogP contribution in [0.15, 0.2) is 24.3 Å². The van der Waals surface area contributed by atoms with Gasteiger partial charge in [-0.1, -0.05) is 19.1 Å². The molecule has 4 heteroatoms. The van der Waals surface area contributed by atoms with E-state index in [4.69, 9.17) is 9.47 Å². The molecule has 0 heterocycles. The minimum Gasteiger partial charge on any atom is -0.494 e. The van der Waals surface area contributed by atoms with Gasteiger partial charge >= 0.3 is 0 Å². The first-order valence-electron chi connectivity index (χ1n) is 6.78. The first-order valence-corrected chi connectivity index (χ1v) is 7.94. The molecule has 0 radical (unpaired) electrons. The van der Waals surface area contributed by atoms with Gasteiger partial charge < -0.3 is 14.8 Å². The zero-order valence-corrected chi connectivity index (χ0v) is 13.0. The molecule has 1 rings (SSSR count). The van der Waals surface area contributed by atoms with Gasteiger partial charge in [-0.25, -0.2) is 0 Å². The SMILES string of the molecule is CCCOc1ccc(C(CSCCOC)NC)cc1. The van der Waals surface area contributed by atoms with Crippen LogP contribution < -0.4 is 10.1 Å². The van der Waals surface area contributed by atoms with Crippen LogP contribution in [0.1, 0.15) is 24.9 Å². The molecule has 0 aliphatic heterocycles. The van der Waals surface area contributed by atoms with Crippen LogP contribution in [0.25, 0.3) is 0 Å². The summed E-state index contributed by atoms with van der Waals surface area (Å²) in [5, 5.41) is 3.36. The summed E-state index contributed by atoms with van der Waals surface area (Å²) in [5.41, 5.74) is 1.30. The summed E-state index contributed by atoms with van der Waals surface area (Å²) in [6.07, 6.45) is 1.04. The van der Waals surface area contributed by atoms with E-state index in [1.54, 1.807) is 7.11 Å². The minimum absolute atomic E-state index is 0.377. The Labute approximate surface area is 121 Å². The molecule has 0 aliphatic rings. The van der Waals surface area contributed by atoms with Crippen LogP contribution in [0.5, 0.6) is 5.75 Å². The molecule has 0 aromatic heterocycles. The molecule has 108 valence electrons. The molecule has 0 bridgehead atoms. The lowest BCUT2D eigenvalue weighted by Crippen LogP contribution is -2.19. The lowest BCUT2D eigenvalue weighted by Gasteiger charge is -2.16. The van der Waals surface area contributed by atoms with E-state index in [-0.39, 0.29) is 0 Å². The molecule has 3 nitrogen and oxygen atoms in total. The van der Waals surface area contributed by atoms with Gasteiger partial charge in [0.15, 0.2) is 0 Å². The maximum Gasteiger partial charge on any atom is 0.119 e. The van der Waals surface area contributed by atoms with Gasteiger partial charge in [-0.3, -0.25) is 0 Å². The fourth-order valence-electron chi connectivity index (χ4n) is 1.71. The van der Waals surface area contributed by atoms with Gasteiger partial charge in [-0.15, -0.1) is 0 Å². The predicted molar refractivity (Wildman–Crippen MR) is 83.2 cm³/mol. The molecule has 19 heavy (non-hydrogen) atoms. The average molecular weight is 283 g/mol. The van der Waals surface area contributed by atoms with Crippen molar-refractivity contribution in [2.24, 2.45) is 0 Å². The van der Waals surface area contributed by atoms with E-state index in [9.17, 15) is 0 Å². The molecule has 0 fully saturated rings. The Bertz CT molecular complexity index is 329. The summed E-state index contributed by atoms with van der Waals surface area (Å²) in [6.45, 7) is 3.70. The third-order valence-electron chi connectivity index (χ3n) is 2.82. The third kappa shape index (κ3) is 6.32. The Morgan fingerprint density at radius 1 is 1.21 bits per heavy atom. The second kappa shape index (κ2) is 10.1. The normalized spacial score (nSPS) is 12.4. The topological polar surface area (TPSA) is 30.5 Å². The fourth-order valence-corrected chi connectivity index (χ4v) is 2.75. The second-order valence-corrected chi connectivity index (χ2v) is 5.48. The van der Waals surface area contributed by atoms with E-state index >= 15 is 0 Å². The number of nitrogens with one attached hydrogen (secondary N) is 1. The smallest absolute Gasteiger partial charge is 0.119 e. The molecule has 1 unspecified atom stereocenters. The standard InChI is InChI=1S/C15H25NO2S/c1-4-9-18-14-7-5-13(6-8-14)15(16-2)12-19-11-10-17-3/h5-8,15-16H,4,9-12H2,1-3H3. The summed E-state index contributed by atoms with van der Waals surface area (Å²) in [4.78, 5) is 0. The van der Waals surface area contributed by atoms with E-state index in [0.29, 0.717) is 6.04 Å². The fraction of sp³-hybridized carbons (Fsp3) is 0.600. The van der Waals surface area contributed by atoms with Crippen LogP contribution in [0.4, 0.5) is 0 Å². The number of hydrogen-bond acceptors (Lipinski definition) is 4. The first-order chi connectivity index (χ1) is 9.31. The number of ether oxygens (including phenoxy) is 2. The number of methoxy groups -OCH3 is 1. The maximum absolute atomic E-state index is 5.59. The van der Waals surface area contributed by atoms with Crippen molar-refractivity contribution >= 4 is 11.8 Å². The Kier molecular flexibility index (Phi) is 8.71. The Morgan fingerprint density at radius 2 is 1.95 bits per heavy atom. The summed E-state index contributed by atoms with van der Waals surface area (Å²) < 4.78 is 10.7. The van der Waals surface area contributed by atoms with Gasteiger partial charge in [0.25, 0.3) is 0 Å². The Morgan fingerprint density at radius 3 is 2.53 bits per heavy atom. The molecule has 0 saturated heterocycles. The zero-order valence-electron chi connectivity index (χ0n) is 12.1. The number of benzene rings is 1. The Hall–Kier alpha value is -0.710. The van der Waals surface area contributed by atoms with Crippen molar-refractivity contribution in [3.05, 3.63) is 29.8 Å². The van der Waals surface area contributed by atoms with Gasteiger partial charge in [0.2, 0.25) is 0 Å². The third-order valence-corrected chi connectivity index (χ3v) is 3.84. The Balaban J connectivity index is 2.46. The lowest BCUT2D eigenvalue weighted by molar-refractivity contribution is 0.218. The van der Waals surface area contributed by atoms with Crippen molar-refractivity contribution in [3.63, 3.8) is 0 Å². The molecule has 1 aromatic carbocycles. The monoisotopic (exact) mass is 283 g/mol. The number of rotatable bonds is 10. The van der Waals surface area contributed by atoms with Gasteiger partial charge in [0.1, 0.15) is 5.75 Å². The summed E-state index contributed by atoms with van der Waals surface area (Å²) >= 11 is 1.90. The van der Waals surface area contributed by atoms with E-state index < -0.39 is 0 Å². The number of thioether (sulfide) groups is 1. The van der Waals surface area contributed by atoms with Crippen molar-refractivity contribution in [1.29, 1.82) is 0 Å². The van der Waals surface area contributed by atoms with Crippen molar-refractivity contribution in [1.82, 2.24) is 5.32 Å². The number of hydrogen-bond donors (Lipinski definition) is 1. The van der Waals surface area contributed by atoms with Crippen molar-refractivity contribution in [2.45, 2.75) is 19.4 Å². The first kappa shape index (κ1) is 16.3. The average Bonchev–Trinajstić information content (AvgIpc) is 2.46. The van der Waals surface area contributed by atoms with Crippen LogP contribution >= 0.6 is 11.8 Å². The summed E-state index contributed by atoms with van der Waals surface area (Å²) in [7, 11) is 3.74. The molecular formula is C15H25NO2S. The maximum atomic E-state index is 5.59. The van der Waals surface area contributed by atoms with E-state index in [0.717, 1.165) is 36.9 Å². The van der Waals surface area contributed by atoms with Gasteiger partial charge in [0.05, 0.1) is 13.2 Å². The van der Waals surface area contributed by atoms with Crippen LogP contribution in [0.3, 0.4) is 0 Å². The molecule has 1 N–H and O–H groups in total. The molecule has 0 amide bonds. The molecule has 1 aromatic rings. The summed E-state index contributed by atoms with van der Waals surface area (Å²) in [6, 6.07) is 8.76. The highest BCUT2D eigenvalue weighted by molar-refractivity contribution is 7.99. The van der Waals surface area contributed by atoms with E-state index in [1.807, 2.05) is 18.8 Å². The molecular weight excluding hydrogens is 258 g/mol. The quantitative estimate of drug-likeness (QED) is 0.668. The van der Waals surface area contributed by atoms with Crippen molar-refractivity contribution < 1.29 is 9.47 Å². The van der Waals surface area contributed by atoms with Crippen molar-refractivity contribution in [3.8, 4) is 5.75 Å². The van der Waals surface area contributed by atoms with Crippen LogP contribution in [-0.4, -0.2) is 38.9 Å². The highest BCUT2D eigenvalue weighted by Crippen LogP contribution is 2.21. The molecule has 1 atom stereocenters. The molecule has 0 spiro atoms. The zero-order chi connectivity index (χ0) is 13.9. The highest BCUT2D eigenvalue weighted by Gasteiger charge is 2.09. The molecule has 0 saturated carbocycles. The van der Waals surface area contributed by atoms with Crippen LogP contribution in [-0.2, 0) is 4.74 Å². The van der Waals surface area contributed by atoms with E-state index in [1.165, 1.54) is 5.56 Å². The largest absolute Gasteiger partial charge is 0.494 e. The lowest BCUT2D eigenvalue weighted by atomic mass is 10.1. The van der Waals surface area contributed by atoms with Crippen LogP contribution in [0, 0.1) is 0 Å². The molecule has 0 aliphatic carbocycles. The second-order valence-electron chi connectivity index (χ2n) is 4.33. The van der Waals surface area contributed by atoms with E-state index in [2.05, 4.69) is 36.5 Å². The van der Waals surface area contributed by atoms with Gasteiger partial charge in [0, 0.05) is 24.7 Å². The highest BCUT2D eigenvalue weighted by atomic mass is 32.2.